The predicted octanol–water partition coefficient (Wildman–Crippen LogP) is 0.315. The minimum absolute atomic E-state index is 0.0195. The van der Waals surface area contributed by atoms with Gasteiger partial charge in [-0.25, -0.2) is 0 Å². The van der Waals surface area contributed by atoms with Crippen LogP contribution in [0.15, 0.2) is 24.3 Å². The van der Waals surface area contributed by atoms with Crippen LogP contribution >= 0.6 is 11.8 Å². The highest BCUT2D eigenvalue weighted by Crippen LogP contribution is 2.33. The van der Waals surface area contributed by atoms with E-state index in [0.717, 1.165) is 24.6 Å². The fourth-order valence-electron chi connectivity index (χ4n) is 2.65. The van der Waals surface area contributed by atoms with Crippen molar-refractivity contribution in [1.29, 1.82) is 0 Å². The highest BCUT2D eigenvalue weighted by Gasteiger charge is 2.33. The van der Waals surface area contributed by atoms with E-state index < -0.39 is 12.0 Å². The largest absolute Gasteiger partial charge is 0.477 e. The van der Waals surface area contributed by atoms with Crippen molar-refractivity contribution in [3.05, 3.63) is 24.3 Å². The van der Waals surface area contributed by atoms with Gasteiger partial charge >= 0.3 is 0 Å². The molecule has 2 heterocycles. The minimum Gasteiger partial charge on any atom is -0.477 e. The number of fused-ring (bicyclic) bond motifs is 1. The summed E-state index contributed by atoms with van der Waals surface area (Å²) in [7, 11) is 0. The van der Waals surface area contributed by atoms with Crippen LogP contribution in [-0.4, -0.2) is 60.5 Å². The molecule has 7 heteroatoms. The maximum Gasteiger partial charge on any atom is 0.260 e. The number of nitrogens with two attached hydrogens (primary N) is 1. The van der Waals surface area contributed by atoms with E-state index in [1.165, 1.54) is 0 Å². The normalized spacial score (nSPS) is 21.8. The van der Waals surface area contributed by atoms with E-state index in [9.17, 15) is 9.59 Å². The fraction of sp³-hybridized carbons (Fsp3) is 0.467. The van der Waals surface area contributed by atoms with E-state index in [4.69, 9.17) is 10.5 Å². The molecule has 6 nitrogen and oxygen atoms in total. The Bertz CT molecular complexity index is 575. The predicted molar refractivity (Wildman–Crippen MR) is 86.2 cm³/mol. The third-order valence-electron chi connectivity index (χ3n) is 3.85. The van der Waals surface area contributed by atoms with E-state index in [-0.39, 0.29) is 12.5 Å². The lowest BCUT2D eigenvalue weighted by Crippen LogP contribution is -2.52. The van der Waals surface area contributed by atoms with Crippen LogP contribution in [0.25, 0.3) is 0 Å². The van der Waals surface area contributed by atoms with E-state index in [1.807, 2.05) is 30.0 Å². The topological polar surface area (TPSA) is 75.9 Å². The second-order valence-corrected chi connectivity index (χ2v) is 6.59. The number of primary amides is 1. The van der Waals surface area contributed by atoms with Gasteiger partial charge in [-0.15, -0.1) is 0 Å². The number of thioether (sulfide) groups is 1. The van der Waals surface area contributed by atoms with Gasteiger partial charge in [0.05, 0.1) is 18.8 Å². The molecule has 2 N–H and O–H groups in total. The summed E-state index contributed by atoms with van der Waals surface area (Å²) in [4.78, 5) is 27.9. The summed E-state index contributed by atoms with van der Waals surface area (Å²) in [6.07, 6.45) is -0.796. The van der Waals surface area contributed by atoms with Gasteiger partial charge in [0.2, 0.25) is 5.91 Å². The van der Waals surface area contributed by atoms with Crippen LogP contribution in [0.3, 0.4) is 0 Å². The molecular formula is C15H19N3O3S. The van der Waals surface area contributed by atoms with Gasteiger partial charge in [-0.1, -0.05) is 12.1 Å². The molecule has 2 aliphatic rings. The Morgan fingerprint density at radius 3 is 2.73 bits per heavy atom. The highest BCUT2D eigenvalue weighted by molar-refractivity contribution is 7.99. The summed E-state index contributed by atoms with van der Waals surface area (Å²) < 4.78 is 5.58. The molecule has 22 heavy (non-hydrogen) atoms. The van der Waals surface area contributed by atoms with Gasteiger partial charge in [0, 0.05) is 24.6 Å². The number of carbonyl (C=O) groups excluding carboxylic acids is 2. The second-order valence-electron chi connectivity index (χ2n) is 5.37. The van der Waals surface area contributed by atoms with Gasteiger partial charge < -0.3 is 15.4 Å². The third kappa shape index (κ3) is 3.20. The molecule has 2 amide bonds. The molecule has 0 aromatic heterocycles. The molecule has 0 bridgehead atoms. The van der Waals surface area contributed by atoms with Crippen molar-refractivity contribution < 1.29 is 14.3 Å². The van der Waals surface area contributed by atoms with Gasteiger partial charge in [-0.3, -0.25) is 14.5 Å². The third-order valence-corrected chi connectivity index (χ3v) is 4.80. The average Bonchev–Trinajstić information content (AvgIpc) is 2.54. The van der Waals surface area contributed by atoms with Crippen LogP contribution in [0, 0.1) is 0 Å². The number of benzene rings is 1. The zero-order valence-corrected chi connectivity index (χ0v) is 13.1. The summed E-state index contributed by atoms with van der Waals surface area (Å²) in [6.45, 7) is 2.37. The number of ether oxygens (including phenoxy) is 1. The summed E-state index contributed by atoms with van der Waals surface area (Å²) in [6, 6.07) is 7.25. The molecule has 1 aromatic carbocycles. The van der Waals surface area contributed by atoms with Crippen molar-refractivity contribution in [2.45, 2.75) is 6.10 Å². The number of hydrogen-bond donors (Lipinski definition) is 1. The fourth-order valence-corrected chi connectivity index (χ4v) is 3.63. The number of nitrogens with zero attached hydrogens (tertiary/aromatic N) is 2. The maximum atomic E-state index is 12.7. The van der Waals surface area contributed by atoms with Crippen molar-refractivity contribution in [3.63, 3.8) is 0 Å². The smallest absolute Gasteiger partial charge is 0.260 e. The maximum absolute atomic E-state index is 12.7. The Labute approximate surface area is 133 Å². The van der Waals surface area contributed by atoms with Crippen LogP contribution in [-0.2, 0) is 9.59 Å². The molecular weight excluding hydrogens is 302 g/mol. The number of amides is 2. The Balaban J connectivity index is 1.78. The van der Waals surface area contributed by atoms with Gasteiger partial charge in [-0.2, -0.15) is 11.8 Å². The van der Waals surface area contributed by atoms with Crippen LogP contribution < -0.4 is 15.4 Å². The average molecular weight is 321 g/mol. The number of anilines is 1. The number of carbonyl (C=O) groups is 2. The molecule has 0 unspecified atom stereocenters. The summed E-state index contributed by atoms with van der Waals surface area (Å²) in [5.74, 6) is 2.06. The Morgan fingerprint density at radius 2 is 2.00 bits per heavy atom. The number of para-hydroxylation sites is 2. The van der Waals surface area contributed by atoms with Gasteiger partial charge in [0.15, 0.2) is 6.10 Å². The van der Waals surface area contributed by atoms with Crippen molar-refractivity contribution in [2.24, 2.45) is 5.73 Å². The summed E-state index contributed by atoms with van der Waals surface area (Å²) in [5.41, 5.74) is 6.06. The Morgan fingerprint density at radius 1 is 1.27 bits per heavy atom. The molecule has 118 valence electrons. The minimum atomic E-state index is -0.796. The first-order chi connectivity index (χ1) is 10.6. The number of rotatable bonds is 3. The zero-order valence-electron chi connectivity index (χ0n) is 12.2. The summed E-state index contributed by atoms with van der Waals surface area (Å²) in [5, 5.41) is 0. The van der Waals surface area contributed by atoms with Gasteiger partial charge in [0.25, 0.3) is 5.91 Å². The molecule has 3 rings (SSSR count). The monoisotopic (exact) mass is 321 g/mol. The van der Waals surface area contributed by atoms with Crippen molar-refractivity contribution in [1.82, 2.24) is 4.90 Å². The Hall–Kier alpha value is -1.73. The molecule has 1 saturated heterocycles. The van der Waals surface area contributed by atoms with Crippen LogP contribution in [0.4, 0.5) is 5.69 Å². The first-order valence-electron chi connectivity index (χ1n) is 7.30. The molecule has 0 saturated carbocycles. The SMILES string of the molecule is NC(=O)[C@H]1CN(C(=O)CN2CCSCC2)c2ccccc2O1. The first-order valence-corrected chi connectivity index (χ1v) is 8.46. The van der Waals surface area contributed by atoms with E-state index in [2.05, 4.69) is 4.90 Å². The molecule has 0 spiro atoms. The van der Waals surface area contributed by atoms with E-state index in [0.29, 0.717) is 18.0 Å². The molecule has 1 atom stereocenters. The zero-order chi connectivity index (χ0) is 15.5. The van der Waals surface area contributed by atoms with Gasteiger partial charge in [-0.05, 0) is 12.1 Å². The molecule has 2 aliphatic heterocycles. The lowest BCUT2D eigenvalue weighted by molar-refractivity contribution is -0.125. The highest BCUT2D eigenvalue weighted by atomic mass is 32.2. The van der Waals surface area contributed by atoms with Crippen LogP contribution in [0.5, 0.6) is 5.75 Å². The molecule has 0 radical (unpaired) electrons. The standard InChI is InChI=1S/C15H19N3O3S/c16-15(20)13-9-18(11-3-1-2-4-12(11)21-13)14(19)10-17-5-7-22-8-6-17/h1-4,13H,5-10H2,(H2,16,20)/t13-/m1/s1. The molecule has 0 aliphatic carbocycles. The second kappa shape index (κ2) is 6.58. The lowest BCUT2D eigenvalue weighted by Gasteiger charge is -2.35. The van der Waals surface area contributed by atoms with Gasteiger partial charge in [0.1, 0.15) is 5.75 Å². The van der Waals surface area contributed by atoms with E-state index >= 15 is 0 Å². The van der Waals surface area contributed by atoms with Crippen molar-refractivity contribution in [2.75, 3.05) is 42.6 Å². The lowest BCUT2D eigenvalue weighted by atomic mass is 10.1. The quantitative estimate of drug-likeness (QED) is 0.867. The number of hydrogen-bond acceptors (Lipinski definition) is 5. The van der Waals surface area contributed by atoms with Crippen molar-refractivity contribution >= 4 is 29.3 Å². The molecule has 1 aromatic rings. The Kier molecular flexibility index (Phi) is 4.54. The molecule has 1 fully saturated rings. The van der Waals surface area contributed by atoms with Crippen molar-refractivity contribution in [3.8, 4) is 5.75 Å². The first kappa shape index (κ1) is 15.2. The van der Waals surface area contributed by atoms with E-state index in [1.54, 1.807) is 11.0 Å². The summed E-state index contributed by atoms with van der Waals surface area (Å²) >= 11 is 1.91. The van der Waals surface area contributed by atoms with Crippen LogP contribution in [0.2, 0.25) is 0 Å². The van der Waals surface area contributed by atoms with Crippen LogP contribution in [0.1, 0.15) is 0 Å².